The minimum atomic E-state index is 0. The Kier molecular flexibility index (Phi) is 10.5. The number of carbonyl (C=O) groups is 1. The van der Waals surface area contributed by atoms with E-state index in [1.807, 2.05) is 10.3 Å². The predicted molar refractivity (Wildman–Crippen MR) is 114 cm³/mol. The van der Waals surface area contributed by atoms with Gasteiger partial charge < -0.3 is 15.4 Å². The fraction of sp³-hybridized carbons (Fsp3) is 0.778. The van der Waals surface area contributed by atoms with E-state index in [1.54, 1.807) is 0 Å². The molecule has 2 atom stereocenters. The molecule has 0 aliphatic carbocycles. The largest absolute Gasteiger partial charge is 0.373 e. The Morgan fingerprint density at radius 2 is 1.89 bits per heavy atom. The maximum Gasteiger partial charge on any atom is 0.273 e. The molecule has 3 rings (SSSR count). The van der Waals surface area contributed by atoms with Gasteiger partial charge in [-0.05, 0) is 39.2 Å². The number of hydrogen-bond acceptors (Lipinski definition) is 6. The summed E-state index contributed by atoms with van der Waals surface area (Å²) in [5.74, 6) is 0.747. The van der Waals surface area contributed by atoms with Crippen molar-refractivity contribution in [2.45, 2.75) is 45.3 Å². The van der Waals surface area contributed by atoms with E-state index >= 15 is 0 Å². The lowest BCUT2D eigenvalue weighted by Gasteiger charge is -2.39. The zero-order valence-electron chi connectivity index (χ0n) is 16.1. The second kappa shape index (κ2) is 11.5. The molecule has 0 saturated carbocycles. The smallest absolute Gasteiger partial charge is 0.273 e. The average Bonchev–Trinajstić information content (AvgIpc) is 3.03. The normalized spacial score (nSPS) is 24.2. The molecule has 2 aliphatic heterocycles. The lowest BCUT2D eigenvalue weighted by Crippen LogP contribution is -2.48. The Morgan fingerprint density at radius 3 is 2.48 bits per heavy atom. The van der Waals surface area contributed by atoms with Gasteiger partial charge in [-0.1, -0.05) is 0 Å². The van der Waals surface area contributed by atoms with Crippen molar-refractivity contribution in [2.24, 2.45) is 11.7 Å². The van der Waals surface area contributed by atoms with Crippen LogP contribution in [0.4, 0.5) is 0 Å². The van der Waals surface area contributed by atoms with Crippen LogP contribution in [0.5, 0.6) is 0 Å². The molecule has 0 aromatic carbocycles. The summed E-state index contributed by atoms with van der Waals surface area (Å²) >= 11 is 1.53. The number of hydrogen-bond donors (Lipinski definition) is 1. The van der Waals surface area contributed by atoms with Gasteiger partial charge in [0.1, 0.15) is 5.69 Å². The van der Waals surface area contributed by atoms with E-state index in [9.17, 15) is 4.79 Å². The molecule has 0 spiro atoms. The molecule has 0 radical (unpaired) electrons. The molecule has 1 amide bonds. The summed E-state index contributed by atoms with van der Waals surface area (Å²) in [4.78, 5) is 21.5. The van der Waals surface area contributed by atoms with Crippen LogP contribution in [0.3, 0.4) is 0 Å². The van der Waals surface area contributed by atoms with Crippen molar-refractivity contribution in [3.05, 3.63) is 16.1 Å². The van der Waals surface area contributed by atoms with Crippen molar-refractivity contribution >= 4 is 42.1 Å². The number of aromatic nitrogens is 1. The Balaban J connectivity index is 0.00000182. The molecule has 2 saturated heterocycles. The van der Waals surface area contributed by atoms with Crippen LogP contribution < -0.4 is 5.73 Å². The van der Waals surface area contributed by atoms with Gasteiger partial charge in [0.15, 0.2) is 0 Å². The number of ether oxygens (including phenoxy) is 1. The van der Waals surface area contributed by atoms with Crippen molar-refractivity contribution in [1.82, 2.24) is 14.8 Å². The van der Waals surface area contributed by atoms with Crippen LogP contribution in [0.25, 0.3) is 0 Å². The highest BCUT2D eigenvalue weighted by atomic mass is 35.5. The Hall–Kier alpha value is -0.440. The predicted octanol–water partition coefficient (Wildman–Crippen LogP) is 2.45. The van der Waals surface area contributed by atoms with Gasteiger partial charge >= 0.3 is 0 Å². The van der Waals surface area contributed by atoms with Gasteiger partial charge in [-0.2, -0.15) is 0 Å². The number of piperidine rings is 1. The van der Waals surface area contributed by atoms with E-state index in [2.05, 4.69) is 23.7 Å². The van der Waals surface area contributed by atoms with E-state index in [4.69, 9.17) is 10.5 Å². The summed E-state index contributed by atoms with van der Waals surface area (Å²) in [5, 5.41) is 2.83. The summed E-state index contributed by atoms with van der Waals surface area (Å²) < 4.78 is 5.81. The number of morpholine rings is 1. The minimum absolute atomic E-state index is 0. The second-order valence-electron chi connectivity index (χ2n) is 7.38. The van der Waals surface area contributed by atoms with Gasteiger partial charge in [-0.3, -0.25) is 9.69 Å². The molecule has 3 heterocycles. The lowest BCUT2D eigenvalue weighted by atomic mass is 9.95. The Morgan fingerprint density at radius 1 is 1.26 bits per heavy atom. The third-order valence-electron chi connectivity index (χ3n) is 5.04. The molecule has 2 unspecified atom stereocenters. The molecule has 156 valence electrons. The highest BCUT2D eigenvalue weighted by Gasteiger charge is 2.28. The molecule has 9 heteroatoms. The van der Waals surface area contributed by atoms with Gasteiger partial charge in [-0.25, -0.2) is 4.98 Å². The number of rotatable bonds is 5. The van der Waals surface area contributed by atoms with Crippen LogP contribution in [-0.2, 0) is 11.2 Å². The first kappa shape index (κ1) is 24.6. The molecular formula is C18H32Cl2N4O2S. The number of amides is 1. The van der Waals surface area contributed by atoms with E-state index in [1.165, 1.54) is 11.3 Å². The lowest BCUT2D eigenvalue weighted by molar-refractivity contribution is -0.0728. The van der Waals surface area contributed by atoms with E-state index < -0.39 is 0 Å². The third-order valence-corrected chi connectivity index (χ3v) is 5.95. The quantitative estimate of drug-likeness (QED) is 0.763. The Labute approximate surface area is 178 Å². The fourth-order valence-electron chi connectivity index (χ4n) is 3.93. The average molecular weight is 439 g/mol. The molecule has 2 N–H and O–H groups in total. The fourth-order valence-corrected chi connectivity index (χ4v) is 4.71. The van der Waals surface area contributed by atoms with Crippen molar-refractivity contribution in [2.75, 3.05) is 39.3 Å². The number of nitrogens with zero attached hydrogens (tertiary/aromatic N) is 3. The number of halogens is 2. The van der Waals surface area contributed by atoms with Gasteiger partial charge in [0, 0.05) is 44.5 Å². The number of carbonyl (C=O) groups excluding carboxylic acids is 1. The molecule has 0 bridgehead atoms. The highest BCUT2D eigenvalue weighted by molar-refractivity contribution is 7.09. The monoisotopic (exact) mass is 438 g/mol. The summed E-state index contributed by atoms with van der Waals surface area (Å²) in [6.45, 7) is 9.71. The van der Waals surface area contributed by atoms with Crippen molar-refractivity contribution < 1.29 is 9.53 Å². The Bertz CT molecular complexity index is 571. The van der Waals surface area contributed by atoms with Crippen molar-refractivity contribution in [3.63, 3.8) is 0 Å². The zero-order valence-corrected chi connectivity index (χ0v) is 18.6. The van der Waals surface area contributed by atoms with Crippen LogP contribution in [-0.4, -0.2) is 72.2 Å². The van der Waals surface area contributed by atoms with Crippen LogP contribution in [0, 0.1) is 5.92 Å². The summed E-state index contributed by atoms with van der Waals surface area (Å²) in [5.41, 5.74) is 6.14. The van der Waals surface area contributed by atoms with Gasteiger partial charge in [-0.15, -0.1) is 36.2 Å². The molecule has 1 aromatic rings. The molecular weight excluding hydrogens is 407 g/mol. The molecule has 27 heavy (non-hydrogen) atoms. The van der Waals surface area contributed by atoms with Crippen LogP contribution in [0.1, 0.15) is 42.2 Å². The first-order chi connectivity index (χ1) is 12.0. The highest BCUT2D eigenvalue weighted by Crippen LogP contribution is 2.22. The first-order valence-corrected chi connectivity index (χ1v) is 10.2. The second-order valence-corrected chi connectivity index (χ2v) is 8.32. The van der Waals surface area contributed by atoms with Crippen molar-refractivity contribution in [3.8, 4) is 0 Å². The van der Waals surface area contributed by atoms with E-state index in [0.29, 0.717) is 30.4 Å². The third kappa shape index (κ3) is 6.84. The maximum atomic E-state index is 12.6. The number of nitrogens with two attached hydrogens (primary N) is 1. The summed E-state index contributed by atoms with van der Waals surface area (Å²) in [6, 6.07) is 0. The van der Waals surface area contributed by atoms with Crippen molar-refractivity contribution in [1.29, 1.82) is 0 Å². The number of likely N-dealkylation sites (tertiary alicyclic amines) is 1. The molecule has 2 aliphatic rings. The van der Waals surface area contributed by atoms with Gasteiger partial charge in [0.05, 0.1) is 17.2 Å². The standard InChI is InChI=1S/C18H30N4O2S.2ClH/c1-13-9-21(10-14(2)24-13)11-15-4-7-22(8-5-15)18(23)16-12-25-17(20-16)3-6-19;;/h12-15H,3-11,19H2,1-2H3;2*1H. The number of thiazole rings is 1. The minimum Gasteiger partial charge on any atom is -0.373 e. The molecule has 6 nitrogen and oxygen atoms in total. The first-order valence-electron chi connectivity index (χ1n) is 9.36. The summed E-state index contributed by atoms with van der Waals surface area (Å²) in [6.07, 6.45) is 3.53. The topological polar surface area (TPSA) is 71.7 Å². The maximum absolute atomic E-state index is 12.6. The van der Waals surface area contributed by atoms with Crippen LogP contribution in [0.15, 0.2) is 5.38 Å². The summed E-state index contributed by atoms with van der Waals surface area (Å²) in [7, 11) is 0. The molecule has 1 aromatic heterocycles. The molecule has 2 fully saturated rings. The SMILES string of the molecule is CC1CN(CC2CCN(C(=O)c3csc(CCN)n3)CC2)CC(C)O1.Cl.Cl. The van der Waals surface area contributed by atoms with Crippen LogP contribution in [0.2, 0.25) is 0 Å². The van der Waals surface area contributed by atoms with E-state index in [-0.39, 0.29) is 30.7 Å². The van der Waals surface area contributed by atoms with Gasteiger partial charge in [0.25, 0.3) is 5.91 Å². The van der Waals surface area contributed by atoms with Gasteiger partial charge in [0.2, 0.25) is 0 Å². The van der Waals surface area contributed by atoms with E-state index in [0.717, 1.165) is 57.0 Å². The zero-order chi connectivity index (χ0) is 17.8. The van der Waals surface area contributed by atoms with Crippen LogP contribution >= 0.6 is 36.2 Å².